The Bertz CT molecular complexity index is 323. The van der Waals surface area contributed by atoms with E-state index in [9.17, 15) is 13.6 Å². The lowest BCUT2D eigenvalue weighted by atomic mass is 9.85. The SMILES string of the molecule is CCN(CCC(N)=S)C(=O)C1CCCC(F)(F)C1. The number of hydrogen-bond donors (Lipinski definition) is 1. The van der Waals surface area contributed by atoms with E-state index in [4.69, 9.17) is 18.0 Å². The van der Waals surface area contributed by atoms with E-state index in [0.717, 1.165) is 0 Å². The van der Waals surface area contributed by atoms with Crippen LogP contribution in [0.4, 0.5) is 8.78 Å². The largest absolute Gasteiger partial charge is 0.393 e. The molecule has 1 saturated carbocycles. The lowest BCUT2D eigenvalue weighted by Crippen LogP contribution is -2.41. The van der Waals surface area contributed by atoms with E-state index in [1.165, 1.54) is 0 Å². The van der Waals surface area contributed by atoms with Crippen LogP contribution in [0.3, 0.4) is 0 Å². The Hall–Kier alpha value is -0.780. The molecule has 0 saturated heterocycles. The quantitative estimate of drug-likeness (QED) is 0.785. The van der Waals surface area contributed by atoms with Crippen LogP contribution in [0, 0.1) is 5.92 Å². The molecule has 18 heavy (non-hydrogen) atoms. The van der Waals surface area contributed by atoms with Gasteiger partial charge in [0.15, 0.2) is 0 Å². The molecule has 0 aromatic carbocycles. The monoisotopic (exact) mass is 278 g/mol. The molecule has 1 atom stereocenters. The number of rotatable bonds is 5. The van der Waals surface area contributed by atoms with Crippen LogP contribution in [-0.2, 0) is 4.79 Å². The molecular formula is C12H20F2N2OS. The van der Waals surface area contributed by atoms with Crippen molar-refractivity contribution in [2.75, 3.05) is 13.1 Å². The highest BCUT2D eigenvalue weighted by Crippen LogP contribution is 2.37. The molecule has 0 radical (unpaired) electrons. The van der Waals surface area contributed by atoms with Gasteiger partial charge in [-0.1, -0.05) is 12.2 Å². The molecule has 1 aliphatic rings. The summed E-state index contributed by atoms with van der Waals surface area (Å²) >= 11 is 4.76. The molecule has 1 fully saturated rings. The van der Waals surface area contributed by atoms with Gasteiger partial charge in [-0.2, -0.15) is 0 Å². The molecule has 0 aromatic rings. The first-order valence-corrected chi connectivity index (χ1v) is 6.71. The van der Waals surface area contributed by atoms with E-state index >= 15 is 0 Å². The third-order valence-electron chi connectivity index (χ3n) is 3.31. The Morgan fingerprint density at radius 2 is 2.22 bits per heavy atom. The van der Waals surface area contributed by atoms with Crippen molar-refractivity contribution in [2.24, 2.45) is 11.7 Å². The molecule has 2 N–H and O–H groups in total. The molecule has 0 heterocycles. The van der Waals surface area contributed by atoms with E-state index in [-0.39, 0.29) is 18.7 Å². The Morgan fingerprint density at radius 1 is 1.56 bits per heavy atom. The summed E-state index contributed by atoms with van der Waals surface area (Å²) in [4.78, 5) is 14.1. The van der Waals surface area contributed by atoms with Gasteiger partial charge < -0.3 is 10.6 Å². The molecule has 0 aromatic heterocycles. The van der Waals surface area contributed by atoms with E-state index in [0.29, 0.717) is 37.3 Å². The fourth-order valence-electron chi connectivity index (χ4n) is 2.31. The second-order valence-electron chi connectivity index (χ2n) is 4.78. The molecule has 104 valence electrons. The summed E-state index contributed by atoms with van der Waals surface area (Å²) in [5.74, 6) is -3.44. The van der Waals surface area contributed by atoms with Gasteiger partial charge in [-0.05, 0) is 19.8 Å². The Kier molecular flexibility index (Phi) is 5.44. The molecule has 1 aliphatic carbocycles. The van der Waals surface area contributed by atoms with Gasteiger partial charge in [0.05, 0.1) is 4.99 Å². The van der Waals surface area contributed by atoms with Crippen LogP contribution in [0.1, 0.15) is 39.0 Å². The van der Waals surface area contributed by atoms with Crippen LogP contribution < -0.4 is 5.73 Å². The zero-order chi connectivity index (χ0) is 13.8. The topological polar surface area (TPSA) is 46.3 Å². The van der Waals surface area contributed by atoms with E-state index in [1.807, 2.05) is 6.92 Å². The average Bonchev–Trinajstić information content (AvgIpc) is 2.27. The summed E-state index contributed by atoms with van der Waals surface area (Å²) in [6.45, 7) is 2.76. The second kappa shape index (κ2) is 6.41. The molecule has 6 heteroatoms. The minimum absolute atomic E-state index is 0.101. The Balaban J connectivity index is 2.57. The fourth-order valence-corrected chi connectivity index (χ4v) is 2.40. The van der Waals surface area contributed by atoms with Crippen molar-refractivity contribution in [1.82, 2.24) is 4.90 Å². The van der Waals surface area contributed by atoms with Crippen molar-refractivity contribution in [2.45, 2.75) is 45.0 Å². The van der Waals surface area contributed by atoms with Crippen LogP contribution in [0.15, 0.2) is 0 Å². The Morgan fingerprint density at radius 3 is 2.72 bits per heavy atom. The van der Waals surface area contributed by atoms with Crippen LogP contribution in [0.2, 0.25) is 0 Å². The van der Waals surface area contributed by atoms with E-state index in [2.05, 4.69) is 0 Å². The number of nitrogens with zero attached hydrogens (tertiary/aromatic N) is 1. The maximum atomic E-state index is 13.3. The number of amides is 1. The second-order valence-corrected chi connectivity index (χ2v) is 5.31. The zero-order valence-corrected chi connectivity index (χ0v) is 11.4. The number of carbonyl (C=O) groups is 1. The highest BCUT2D eigenvalue weighted by Gasteiger charge is 2.40. The van der Waals surface area contributed by atoms with E-state index < -0.39 is 11.8 Å². The molecule has 0 spiro atoms. The van der Waals surface area contributed by atoms with Gasteiger partial charge in [-0.25, -0.2) is 8.78 Å². The summed E-state index contributed by atoms with van der Waals surface area (Å²) in [6, 6.07) is 0. The first kappa shape index (κ1) is 15.3. The maximum Gasteiger partial charge on any atom is 0.248 e. The van der Waals surface area contributed by atoms with Crippen molar-refractivity contribution < 1.29 is 13.6 Å². The zero-order valence-electron chi connectivity index (χ0n) is 10.6. The third-order valence-corrected chi connectivity index (χ3v) is 3.52. The van der Waals surface area contributed by atoms with Gasteiger partial charge in [-0.3, -0.25) is 4.79 Å². The fraction of sp³-hybridized carbons (Fsp3) is 0.833. The third kappa shape index (κ3) is 4.48. The van der Waals surface area contributed by atoms with Gasteiger partial charge in [0.1, 0.15) is 0 Å². The molecule has 0 bridgehead atoms. The number of nitrogens with two attached hydrogens (primary N) is 1. The molecular weight excluding hydrogens is 258 g/mol. The van der Waals surface area contributed by atoms with E-state index in [1.54, 1.807) is 4.90 Å². The maximum absolute atomic E-state index is 13.3. The predicted octanol–water partition coefficient (Wildman–Crippen LogP) is 2.34. The summed E-state index contributed by atoms with van der Waals surface area (Å²) < 4.78 is 26.6. The molecule has 1 amide bonds. The first-order chi connectivity index (χ1) is 8.35. The van der Waals surface area contributed by atoms with Crippen molar-refractivity contribution in [3.05, 3.63) is 0 Å². The van der Waals surface area contributed by atoms with Gasteiger partial charge in [0.2, 0.25) is 11.8 Å². The van der Waals surface area contributed by atoms with Crippen LogP contribution in [0.5, 0.6) is 0 Å². The first-order valence-electron chi connectivity index (χ1n) is 6.30. The number of halogens is 2. The number of hydrogen-bond acceptors (Lipinski definition) is 2. The standard InChI is InChI=1S/C12H20F2N2OS/c1-2-16(7-5-10(15)18)11(17)9-4-3-6-12(13,14)8-9/h9H,2-8H2,1H3,(H2,15,18). The highest BCUT2D eigenvalue weighted by molar-refractivity contribution is 7.80. The van der Waals surface area contributed by atoms with Crippen LogP contribution in [0.25, 0.3) is 0 Å². The van der Waals surface area contributed by atoms with Crippen molar-refractivity contribution in [3.63, 3.8) is 0 Å². The lowest BCUT2D eigenvalue weighted by molar-refractivity contribution is -0.142. The van der Waals surface area contributed by atoms with Crippen LogP contribution >= 0.6 is 12.2 Å². The number of carbonyl (C=O) groups excluding carboxylic acids is 1. The van der Waals surface area contributed by atoms with Crippen molar-refractivity contribution >= 4 is 23.1 Å². The summed E-state index contributed by atoms with van der Waals surface area (Å²) in [6.07, 6.45) is 0.984. The highest BCUT2D eigenvalue weighted by atomic mass is 32.1. The molecule has 1 unspecified atom stereocenters. The smallest absolute Gasteiger partial charge is 0.248 e. The average molecular weight is 278 g/mol. The van der Waals surface area contributed by atoms with Crippen molar-refractivity contribution in [3.8, 4) is 0 Å². The predicted molar refractivity (Wildman–Crippen MR) is 70.6 cm³/mol. The van der Waals surface area contributed by atoms with Crippen LogP contribution in [-0.4, -0.2) is 34.8 Å². The summed E-state index contributed by atoms with van der Waals surface area (Å²) in [5, 5.41) is 0. The summed E-state index contributed by atoms with van der Waals surface area (Å²) in [5.41, 5.74) is 5.39. The molecule has 0 aliphatic heterocycles. The van der Waals surface area contributed by atoms with Gasteiger partial charge >= 0.3 is 0 Å². The van der Waals surface area contributed by atoms with Crippen molar-refractivity contribution in [1.29, 1.82) is 0 Å². The minimum Gasteiger partial charge on any atom is -0.393 e. The Labute approximate surface area is 112 Å². The molecule has 1 rings (SSSR count). The normalized spacial score (nSPS) is 22.5. The summed E-state index contributed by atoms with van der Waals surface area (Å²) in [7, 11) is 0. The lowest BCUT2D eigenvalue weighted by Gasteiger charge is -2.32. The van der Waals surface area contributed by atoms with Gasteiger partial charge in [0.25, 0.3) is 0 Å². The number of thiocarbonyl (C=S) groups is 1. The molecule has 3 nitrogen and oxygen atoms in total. The van der Waals surface area contributed by atoms with Gasteiger partial charge in [-0.15, -0.1) is 0 Å². The van der Waals surface area contributed by atoms with Gasteiger partial charge in [0, 0.05) is 38.3 Å². The minimum atomic E-state index is -2.69. The number of alkyl halides is 2.